The standard InChI is InChI=1S/C5H11NO3S/c1-5(9,4(7)8)10-3-2-6/h9H,2-3,6H2,1H3,(H,7,8). The molecular weight excluding hydrogens is 154 g/mol. The summed E-state index contributed by atoms with van der Waals surface area (Å²) in [4.78, 5) is 8.52. The summed E-state index contributed by atoms with van der Waals surface area (Å²) in [5.41, 5.74) is 5.11. The fourth-order valence-electron chi connectivity index (χ4n) is 0.319. The van der Waals surface area contributed by atoms with Crippen LogP contribution in [0.4, 0.5) is 0 Å². The van der Waals surface area contributed by atoms with Gasteiger partial charge < -0.3 is 15.9 Å². The van der Waals surface area contributed by atoms with E-state index in [1.165, 1.54) is 6.92 Å². The second-order valence-corrected chi connectivity index (χ2v) is 3.42. The first kappa shape index (κ1) is 9.74. The molecule has 0 heterocycles. The molecule has 1 unspecified atom stereocenters. The van der Waals surface area contributed by atoms with Crippen LogP contribution in [-0.2, 0) is 4.79 Å². The number of hydrogen-bond donors (Lipinski definition) is 3. The number of carboxylic acid groups (broad SMARTS) is 1. The highest BCUT2D eigenvalue weighted by atomic mass is 32.2. The minimum Gasteiger partial charge on any atom is -0.478 e. The van der Waals surface area contributed by atoms with Crippen molar-refractivity contribution in [2.24, 2.45) is 5.73 Å². The Morgan fingerprint density at radius 3 is 2.60 bits per heavy atom. The molecule has 4 N–H and O–H groups in total. The van der Waals surface area contributed by atoms with Crippen molar-refractivity contribution in [3.05, 3.63) is 0 Å². The lowest BCUT2D eigenvalue weighted by Crippen LogP contribution is -2.31. The Balaban J connectivity index is 3.75. The lowest BCUT2D eigenvalue weighted by molar-refractivity contribution is -0.148. The zero-order chi connectivity index (χ0) is 8.20. The Morgan fingerprint density at radius 2 is 2.30 bits per heavy atom. The Bertz CT molecular complexity index is 126. The van der Waals surface area contributed by atoms with Crippen LogP contribution in [0.25, 0.3) is 0 Å². The fourth-order valence-corrected chi connectivity index (χ4v) is 0.958. The van der Waals surface area contributed by atoms with E-state index in [0.717, 1.165) is 11.8 Å². The summed E-state index contributed by atoms with van der Waals surface area (Å²) in [6, 6.07) is 0. The number of carboxylic acids is 1. The monoisotopic (exact) mass is 165 g/mol. The predicted octanol–water partition coefficient (Wildman–Crippen LogP) is -0.529. The largest absolute Gasteiger partial charge is 0.478 e. The molecule has 0 aromatic heterocycles. The van der Waals surface area contributed by atoms with E-state index in [2.05, 4.69) is 0 Å². The maximum atomic E-state index is 10.2. The van der Waals surface area contributed by atoms with Crippen LogP contribution in [0, 0.1) is 0 Å². The van der Waals surface area contributed by atoms with Gasteiger partial charge in [-0.25, -0.2) is 4.79 Å². The van der Waals surface area contributed by atoms with Crippen LogP contribution in [-0.4, -0.2) is 33.4 Å². The molecule has 10 heavy (non-hydrogen) atoms. The van der Waals surface area contributed by atoms with Crippen molar-refractivity contribution in [1.29, 1.82) is 0 Å². The first-order chi connectivity index (χ1) is 4.50. The summed E-state index contributed by atoms with van der Waals surface area (Å²) >= 11 is 0.918. The third-order valence-electron chi connectivity index (χ3n) is 0.898. The van der Waals surface area contributed by atoms with Crippen LogP contribution in [0.1, 0.15) is 6.92 Å². The zero-order valence-electron chi connectivity index (χ0n) is 5.70. The van der Waals surface area contributed by atoms with E-state index in [1.807, 2.05) is 0 Å². The topological polar surface area (TPSA) is 83.5 Å². The van der Waals surface area contributed by atoms with Crippen LogP contribution in [0.5, 0.6) is 0 Å². The predicted molar refractivity (Wildman–Crippen MR) is 39.8 cm³/mol. The van der Waals surface area contributed by atoms with Crippen LogP contribution in [0.2, 0.25) is 0 Å². The third kappa shape index (κ3) is 3.05. The van der Waals surface area contributed by atoms with E-state index in [4.69, 9.17) is 15.9 Å². The number of thioether (sulfide) groups is 1. The summed E-state index contributed by atoms with van der Waals surface area (Å²) in [5.74, 6) is -0.787. The lowest BCUT2D eigenvalue weighted by Gasteiger charge is -2.15. The van der Waals surface area contributed by atoms with Crippen molar-refractivity contribution in [3.8, 4) is 0 Å². The minimum absolute atomic E-state index is 0.369. The quantitative estimate of drug-likeness (QED) is 0.488. The van der Waals surface area contributed by atoms with E-state index >= 15 is 0 Å². The molecule has 0 aliphatic carbocycles. The molecule has 0 aliphatic rings. The van der Waals surface area contributed by atoms with Crippen LogP contribution >= 0.6 is 11.8 Å². The Kier molecular flexibility index (Phi) is 3.70. The average molecular weight is 165 g/mol. The molecule has 0 rings (SSSR count). The van der Waals surface area contributed by atoms with E-state index in [0.29, 0.717) is 12.3 Å². The van der Waals surface area contributed by atoms with Crippen molar-refractivity contribution in [2.45, 2.75) is 11.9 Å². The fraction of sp³-hybridized carbons (Fsp3) is 0.800. The molecule has 0 bridgehead atoms. The summed E-state index contributed by atoms with van der Waals surface area (Å²) in [7, 11) is 0. The summed E-state index contributed by atoms with van der Waals surface area (Å²) in [5, 5.41) is 17.4. The highest BCUT2D eigenvalue weighted by molar-refractivity contribution is 8.01. The van der Waals surface area contributed by atoms with Gasteiger partial charge in [-0.1, -0.05) is 0 Å². The third-order valence-corrected chi connectivity index (χ3v) is 2.07. The molecule has 0 amide bonds. The molecule has 0 radical (unpaired) electrons. The van der Waals surface area contributed by atoms with E-state index < -0.39 is 10.9 Å². The summed E-state index contributed by atoms with van der Waals surface area (Å²) in [6.45, 7) is 1.60. The smallest absolute Gasteiger partial charge is 0.346 e. The van der Waals surface area contributed by atoms with Gasteiger partial charge in [0.05, 0.1) is 0 Å². The SMILES string of the molecule is CC(O)(SCCN)C(=O)O. The van der Waals surface area contributed by atoms with E-state index in [1.54, 1.807) is 0 Å². The first-order valence-electron chi connectivity index (χ1n) is 2.80. The maximum absolute atomic E-state index is 10.2. The molecule has 0 aromatic rings. The normalized spacial score (nSPS) is 16.3. The van der Waals surface area contributed by atoms with Crippen LogP contribution in [0.3, 0.4) is 0 Å². The number of rotatable bonds is 4. The van der Waals surface area contributed by atoms with Gasteiger partial charge in [0, 0.05) is 12.3 Å². The minimum atomic E-state index is -1.70. The molecular formula is C5H11NO3S. The average Bonchev–Trinajstić information content (AvgIpc) is 1.84. The van der Waals surface area contributed by atoms with Crippen LogP contribution < -0.4 is 5.73 Å². The maximum Gasteiger partial charge on any atom is 0.346 e. The molecule has 0 fully saturated rings. The van der Waals surface area contributed by atoms with Crippen molar-refractivity contribution >= 4 is 17.7 Å². The molecule has 60 valence electrons. The van der Waals surface area contributed by atoms with Gasteiger partial charge in [-0.05, 0) is 6.92 Å². The number of carbonyl (C=O) groups is 1. The second-order valence-electron chi connectivity index (χ2n) is 1.93. The zero-order valence-corrected chi connectivity index (χ0v) is 6.52. The Labute approximate surface area is 63.4 Å². The van der Waals surface area contributed by atoms with Crippen molar-refractivity contribution in [1.82, 2.24) is 0 Å². The molecule has 0 aliphatic heterocycles. The highest BCUT2D eigenvalue weighted by Gasteiger charge is 2.29. The van der Waals surface area contributed by atoms with E-state index in [-0.39, 0.29) is 0 Å². The van der Waals surface area contributed by atoms with Gasteiger partial charge in [0.25, 0.3) is 0 Å². The van der Waals surface area contributed by atoms with Crippen molar-refractivity contribution < 1.29 is 15.0 Å². The number of nitrogens with two attached hydrogens (primary N) is 1. The van der Waals surface area contributed by atoms with Gasteiger partial charge in [-0.3, -0.25) is 0 Å². The Hall–Kier alpha value is -0.260. The van der Waals surface area contributed by atoms with Crippen LogP contribution in [0.15, 0.2) is 0 Å². The number of aliphatic carboxylic acids is 1. The summed E-state index contributed by atoms with van der Waals surface area (Å²) in [6.07, 6.45) is 0. The molecule has 1 atom stereocenters. The van der Waals surface area contributed by atoms with Gasteiger partial charge >= 0.3 is 5.97 Å². The molecule has 0 saturated heterocycles. The van der Waals surface area contributed by atoms with E-state index in [9.17, 15) is 4.79 Å². The molecule has 4 nitrogen and oxygen atoms in total. The highest BCUT2D eigenvalue weighted by Crippen LogP contribution is 2.20. The van der Waals surface area contributed by atoms with Gasteiger partial charge in [-0.15, -0.1) is 11.8 Å². The van der Waals surface area contributed by atoms with Gasteiger partial charge in [0.15, 0.2) is 0 Å². The number of aliphatic hydroxyl groups is 1. The molecule has 0 aromatic carbocycles. The summed E-state index contributed by atoms with van der Waals surface area (Å²) < 4.78 is 0. The van der Waals surface area contributed by atoms with Gasteiger partial charge in [0.1, 0.15) is 0 Å². The van der Waals surface area contributed by atoms with Gasteiger partial charge in [-0.2, -0.15) is 0 Å². The molecule has 5 heteroatoms. The first-order valence-corrected chi connectivity index (χ1v) is 3.79. The number of hydrogen-bond acceptors (Lipinski definition) is 4. The molecule has 0 saturated carbocycles. The van der Waals surface area contributed by atoms with Gasteiger partial charge in [0.2, 0.25) is 4.93 Å². The van der Waals surface area contributed by atoms with Crippen molar-refractivity contribution in [2.75, 3.05) is 12.3 Å². The Morgan fingerprint density at radius 1 is 1.80 bits per heavy atom. The van der Waals surface area contributed by atoms with Crippen molar-refractivity contribution in [3.63, 3.8) is 0 Å². The molecule has 0 spiro atoms. The second kappa shape index (κ2) is 3.80. The lowest BCUT2D eigenvalue weighted by atomic mass is 10.4.